The van der Waals surface area contributed by atoms with Crippen LogP contribution in [-0.4, -0.2) is 51.0 Å². The minimum Gasteiger partial charge on any atom is -0.453 e. The second kappa shape index (κ2) is 7.54. The van der Waals surface area contributed by atoms with E-state index in [0.29, 0.717) is 0 Å². The number of carbonyl (C=O) groups is 1. The first-order valence-electron chi connectivity index (χ1n) is 4.21. The van der Waals surface area contributed by atoms with Gasteiger partial charge in [-0.25, -0.2) is 4.79 Å². The maximum atomic E-state index is 10.9. The summed E-state index contributed by atoms with van der Waals surface area (Å²) in [5.74, 6) is 0. The number of nitrogens with one attached hydrogen (secondary N) is 1. The zero-order chi connectivity index (χ0) is 11.0. The Morgan fingerprint density at radius 2 is 2.14 bits per heavy atom. The van der Waals surface area contributed by atoms with Gasteiger partial charge in [0.15, 0.2) is 0 Å². The molecule has 0 saturated carbocycles. The molecule has 0 aliphatic carbocycles. The number of ether oxygens (including phenoxy) is 3. The molecule has 0 heterocycles. The monoisotopic (exact) mass is 207 g/mol. The average molecular weight is 207 g/mol. The van der Waals surface area contributed by atoms with Crippen molar-refractivity contribution >= 4 is 6.09 Å². The molecule has 0 spiro atoms. The van der Waals surface area contributed by atoms with Crippen LogP contribution in [0.2, 0.25) is 0 Å². The van der Waals surface area contributed by atoms with Gasteiger partial charge in [0.2, 0.25) is 0 Å². The third-order valence-electron chi connectivity index (χ3n) is 1.82. The molecule has 14 heavy (non-hydrogen) atoms. The van der Waals surface area contributed by atoms with Crippen LogP contribution >= 0.6 is 0 Å². The summed E-state index contributed by atoms with van der Waals surface area (Å²) in [4.78, 5) is 10.9. The third-order valence-corrected chi connectivity index (χ3v) is 1.82. The van der Waals surface area contributed by atoms with Crippen LogP contribution in [0.3, 0.4) is 0 Å². The van der Waals surface area contributed by atoms with Crippen molar-refractivity contribution in [3.05, 3.63) is 0 Å². The summed E-state index contributed by atoms with van der Waals surface area (Å²) in [6.07, 6.45) is -0.777. The second-order valence-electron chi connectivity index (χ2n) is 2.68. The lowest BCUT2D eigenvalue weighted by atomic mass is 10.2. The minimum atomic E-state index is -0.555. The summed E-state index contributed by atoms with van der Waals surface area (Å²) in [6.45, 7) is 1.55. The van der Waals surface area contributed by atoms with Gasteiger partial charge in [-0.2, -0.15) is 0 Å². The summed E-state index contributed by atoms with van der Waals surface area (Å²) < 4.78 is 14.2. The number of carbonyl (C=O) groups excluding carboxylic acids is 1. The van der Waals surface area contributed by atoms with Gasteiger partial charge in [0.05, 0.1) is 25.9 Å². The average Bonchev–Trinajstić information content (AvgIpc) is 2.22. The molecule has 0 unspecified atom stereocenters. The SMILES string of the molecule is COC(=O)N[C@H](COCO)[C@@H](C)OC. The maximum Gasteiger partial charge on any atom is 0.407 e. The Labute approximate surface area is 83.1 Å². The van der Waals surface area contributed by atoms with Crippen LogP contribution in [0.15, 0.2) is 0 Å². The molecule has 0 rings (SSSR count). The van der Waals surface area contributed by atoms with Crippen molar-refractivity contribution in [2.75, 3.05) is 27.6 Å². The zero-order valence-electron chi connectivity index (χ0n) is 8.65. The molecule has 0 aromatic carbocycles. The molecule has 2 N–H and O–H groups in total. The molecule has 0 bridgehead atoms. The summed E-state index contributed by atoms with van der Waals surface area (Å²) in [5, 5.41) is 11.0. The van der Waals surface area contributed by atoms with E-state index in [4.69, 9.17) is 14.6 Å². The molecular weight excluding hydrogens is 190 g/mol. The highest BCUT2D eigenvalue weighted by Gasteiger charge is 2.19. The molecule has 0 fully saturated rings. The third kappa shape index (κ3) is 5.00. The Balaban J connectivity index is 4.02. The molecule has 2 atom stereocenters. The lowest BCUT2D eigenvalue weighted by Gasteiger charge is -2.22. The predicted molar refractivity (Wildman–Crippen MR) is 48.8 cm³/mol. The number of hydrogen-bond donors (Lipinski definition) is 2. The first-order valence-corrected chi connectivity index (χ1v) is 4.21. The molecule has 0 aromatic rings. The molecule has 1 amide bonds. The van der Waals surface area contributed by atoms with Crippen molar-refractivity contribution in [2.24, 2.45) is 0 Å². The van der Waals surface area contributed by atoms with Gasteiger partial charge in [0.25, 0.3) is 0 Å². The molecule has 6 heteroatoms. The van der Waals surface area contributed by atoms with Crippen LogP contribution in [0.25, 0.3) is 0 Å². The zero-order valence-corrected chi connectivity index (χ0v) is 8.65. The first kappa shape index (κ1) is 13.2. The number of alkyl carbamates (subject to hydrolysis) is 1. The number of rotatable bonds is 6. The summed E-state index contributed by atoms with van der Waals surface area (Å²) in [5.41, 5.74) is 0. The minimum absolute atomic E-state index is 0.167. The van der Waals surface area contributed by atoms with E-state index in [2.05, 4.69) is 10.1 Å². The fourth-order valence-electron chi connectivity index (χ4n) is 0.849. The highest BCUT2D eigenvalue weighted by Crippen LogP contribution is 1.98. The van der Waals surface area contributed by atoms with Gasteiger partial charge < -0.3 is 24.6 Å². The Kier molecular flexibility index (Phi) is 7.09. The quantitative estimate of drug-likeness (QED) is 0.585. The van der Waals surface area contributed by atoms with E-state index in [-0.39, 0.29) is 18.8 Å². The van der Waals surface area contributed by atoms with E-state index in [1.54, 1.807) is 6.92 Å². The standard InChI is InChI=1S/C8H17NO5/c1-6(12-2)7(4-14-5-10)9-8(11)13-3/h6-7,10H,4-5H2,1-3H3,(H,9,11)/t6-,7-/m1/s1. The van der Waals surface area contributed by atoms with Crippen molar-refractivity contribution in [1.82, 2.24) is 5.32 Å². The van der Waals surface area contributed by atoms with Crippen molar-refractivity contribution in [2.45, 2.75) is 19.1 Å². The van der Waals surface area contributed by atoms with Crippen LogP contribution in [0.1, 0.15) is 6.92 Å². The van der Waals surface area contributed by atoms with Gasteiger partial charge in [0.1, 0.15) is 6.79 Å². The smallest absolute Gasteiger partial charge is 0.407 e. The van der Waals surface area contributed by atoms with E-state index in [1.807, 2.05) is 0 Å². The Hall–Kier alpha value is -0.850. The predicted octanol–water partition coefficient (Wildman–Crippen LogP) is -0.288. The largest absolute Gasteiger partial charge is 0.453 e. The van der Waals surface area contributed by atoms with Crippen LogP contribution < -0.4 is 5.32 Å². The Morgan fingerprint density at radius 3 is 2.57 bits per heavy atom. The molecule has 0 aliphatic heterocycles. The highest BCUT2D eigenvalue weighted by atomic mass is 16.6. The van der Waals surface area contributed by atoms with E-state index < -0.39 is 12.9 Å². The van der Waals surface area contributed by atoms with Crippen molar-refractivity contribution in [1.29, 1.82) is 0 Å². The van der Waals surface area contributed by atoms with Gasteiger partial charge in [-0.05, 0) is 6.92 Å². The maximum absolute atomic E-state index is 10.9. The number of amides is 1. The van der Waals surface area contributed by atoms with Gasteiger partial charge in [-0.3, -0.25) is 0 Å². The van der Waals surface area contributed by atoms with Gasteiger partial charge in [-0.1, -0.05) is 0 Å². The van der Waals surface area contributed by atoms with Crippen LogP contribution in [0.4, 0.5) is 4.79 Å². The first-order chi connectivity index (χ1) is 6.65. The topological polar surface area (TPSA) is 77.0 Å². The molecule has 84 valence electrons. The van der Waals surface area contributed by atoms with Crippen molar-refractivity contribution in [3.63, 3.8) is 0 Å². The molecule has 0 aromatic heterocycles. The molecule has 6 nitrogen and oxygen atoms in total. The number of aliphatic hydroxyl groups is 1. The summed E-state index contributed by atoms with van der Waals surface area (Å²) in [7, 11) is 2.80. The lowest BCUT2D eigenvalue weighted by Crippen LogP contribution is -2.46. The molecule has 0 radical (unpaired) electrons. The van der Waals surface area contributed by atoms with Crippen LogP contribution in [-0.2, 0) is 14.2 Å². The normalized spacial score (nSPS) is 14.6. The van der Waals surface area contributed by atoms with Crippen molar-refractivity contribution < 1.29 is 24.1 Å². The molecule has 0 saturated heterocycles. The number of methoxy groups -OCH3 is 2. The fourth-order valence-corrected chi connectivity index (χ4v) is 0.849. The Bertz CT molecular complexity index is 164. The summed E-state index contributed by atoms with van der Waals surface area (Å²) >= 11 is 0. The number of hydrogen-bond acceptors (Lipinski definition) is 5. The van der Waals surface area contributed by atoms with Gasteiger partial charge in [0, 0.05) is 7.11 Å². The van der Waals surface area contributed by atoms with Crippen molar-refractivity contribution in [3.8, 4) is 0 Å². The summed E-state index contributed by atoms with van der Waals surface area (Å²) in [6, 6.07) is -0.348. The van der Waals surface area contributed by atoms with E-state index in [0.717, 1.165) is 0 Å². The highest BCUT2D eigenvalue weighted by molar-refractivity contribution is 5.67. The number of aliphatic hydroxyl groups excluding tert-OH is 1. The van der Waals surface area contributed by atoms with Crippen LogP contribution in [0.5, 0.6) is 0 Å². The van der Waals surface area contributed by atoms with E-state index >= 15 is 0 Å². The Morgan fingerprint density at radius 1 is 1.50 bits per heavy atom. The second-order valence-corrected chi connectivity index (χ2v) is 2.68. The molecular formula is C8H17NO5. The van der Waals surface area contributed by atoms with Gasteiger partial charge >= 0.3 is 6.09 Å². The van der Waals surface area contributed by atoms with E-state index in [9.17, 15) is 4.79 Å². The van der Waals surface area contributed by atoms with Crippen LogP contribution in [0, 0.1) is 0 Å². The fraction of sp³-hybridized carbons (Fsp3) is 0.875. The lowest BCUT2D eigenvalue weighted by molar-refractivity contribution is -0.0326. The van der Waals surface area contributed by atoms with E-state index in [1.165, 1.54) is 14.2 Å². The molecule has 0 aliphatic rings. The van der Waals surface area contributed by atoms with Gasteiger partial charge in [-0.15, -0.1) is 0 Å².